The van der Waals surface area contributed by atoms with Crippen molar-refractivity contribution in [2.45, 2.75) is 10.3 Å². The third-order valence-corrected chi connectivity index (χ3v) is 7.17. The highest BCUT2D eigenvalue weighted by molar-refractivity contribution is 6.53. The van der Waals surface area contributed by atoms with Gasteiger partial charge < -0.3 is 10.2 Å². The quantitative estimate of drug-likeness (QED) is 0.339. The second-order valence-electron chi connectivity index (χ2n) is 8.15. The van der Waals surface area contributed by atoms with Gasteiger partial charge >= 0.3 is 0 Å². The molecule has 2 amide bonds. The van der Waals surface area contributed by atoms with Crippen LogP contribution in [-0.4, -0.2) is 23.2 Å². The van der Waals surface area contributed by atoms with Crippen LogP contribution in [-0.2, 0) is 4.79 Å². The summed E-state index contributed by atoms with van der Waals surface area (Å²) in [6.07, 6.45) is 0. The number of benzene rings is 3. The molecule has 1 fully saturated rings. The van der Waals surface area contributed by atoms with Gasteiger partial charge in [0.15, 0.2) is 0 Å². The number of carbonyl (C=O) groups excluding carboxylic acids is 2. The number of nitriles is 1. The summed E-state index contributed by atoms with van der Waals surface area (Å²) in [5, 5.41) is 12.9. The number of rotatable bonds is 5. The molecule has 3 aromatic carbocycles. The Hall–Kier alpha value is -2.89. The minimum absolute atomic E-state index is 0.00531. The zero-order chi connectivity index (χ0) is 26.4. The van der Waals surface area contributed by atoms with Crippen LogP contribution in [0.4, 0.5) is 20.2 Å². The number of hydrogen-bond donors (Lipinski definition) is 1. The van der Waals surface area contributed by atoms with Crippen molar-refractivity contribution < 1.29 is 18.4 Å². The van der Waals surface area contributed by atoms with E-state index in [-0.39, 0.29) is 22.5 Å². The topological polar surface area (TPSA) is 73.2 Å². The average molecular weight is 569 g/mol. The smallest absolute Gasteiger partial charge is 0.259 e. The van der Waals surface area contributed by atoms with Gasteiger partial charge in [-0.15, -0.1) is 23.2 Å². The standard InChI is InChI=1S/C25H15Cl4F2N3O2/c1-34(20-5-3-16(30)9-19(20)31)24(36)18-10-17(4-2-12(18)11-32)33-23(35)22-21(25(22,28)29)13-6-14(26)8-15(27)7-13/h2-10,21-22H,1H3,(H,33,35)/t21-,22+/m0/s1. The second kappa shape index (κ2) is 9.87. The van der Waals surface area contributed by atoms with Gasteiger partial charge in [0, 0.05) is 34.8 Å². The fourth-order valence-electron chi connectivity index (χ4n) is 3.98. The van der Waals surface area contributed by atoms with E-state index < -0.39 is 39.6 Å². The van der Waals surface area contributed by atoms with Crippen molar-refractivity contribution in [2.24, 2.45) is 5.92 Å². The van der Waals surface area contributed by atoms with E-state index >= 15 is 0 Å². The predicted molar refractivity (Wildman–Crippen MR) is 136 cm³/mol. The molecule has 1 aliphatic carbocycles. The molecule has 1 aliphatic rings. The summed E-state index contributed by atoms with van der Waals surface area (Å²) in [6, 6.07) is 13.5. The van der Waals surface area contributed by atoms with E-state index in [9.17, 15) is 23.6 Å². The zero-order valence-corrected chi connectivity index (χ0v) is 21.4. The van der Waals surface area contributed by atoms with Crippen molar-refractivity contribution in [1.82, 2.24) is 0 Å². The number of halogens is 6. The first-order chi connectivity index (χ1) is 16.9. The summed E-state index contributed by atoms with van der Waals surface area (Å²) in [4.78, 5) is 27.0. The Morgan fingerprint density at radius 1 is 1.03 bits per heavy atom. The van der Waals surface area contributed by atoms with Gasteiger partial charge in [0.25, 0.3) is 5.91 Å². The van der Waals surface area contributed by atoms with Gasteiger partial charge in [0.2, 0.25) is 5.91 Å². The van der Waals surface area contributed by atoms with Gasteiger partial charge in [0.1, 0.15) is 16.0 Å². The van der Waals surface area contributed by atoms with Gasteiger partial charge in [-0.05, 0) is 54.1 Å². The maximum Gasteiger partial charge on any atom is 0.259 e. The van der Waals surface area contributed by atoms with Gasteiger partial charge in [-0.3, -0.25) is 9.59 Å². The molecule has 0 saturated heterocycles. The molecule has 36 heavy (non-hydrogen) atoms. The molecule has 1 saturated carbocycles. The van der Waals surface area contributed by atoms with E-state index in [0.717, 1.165) is 17.0 Å². The van der Waals surface area contributed by atoms with Crippen molar-refractivity contribution in [3.8, 4) is 6.07 Å². The molecule has 5 nitrogen and oxygen atoms in total. The van der Waals surface area contributed by atoms with Crippen LogP contribution < -0.4 is 10.2 Å². The lowest BCUT2D eigenvalue weighted by Crippen LogP contribution is -2.28. The zero-order valence-electron chi connectivity index (χ0n) is 18.3. The molecule has 2 atom stereocenters. The first-order valence-corrected chi connectivity index (χ1v) is 11.9. The lowest BCUT2D eigenvalue weighted by Gasteiger charge is -2.19. The Balaban J connectivity index is 1.58. The number of alkyl halides is 2. The largest absolute Gasteiger partial charge is 0.326 e. The van der Waals surface area contributed by atoms with Crippen LogP contribution in [0.3, 0.4) is 0 Å². The van der Waals surface area contributed by atoms with E-state index in [0.29, 0.717) is 21.7 Å². The van der Waals surface area contributed by atoms with Gasteiger partial charge in [-0.1, -0.05) is 23.2 Å². The van der Waals surface area contributed by atoms with Crippen LogP contribution in [0.25, 0.3) is 0 Å². The molecular weight excluding hydrogens is 554 g/mol. The summed E-state index contributed by atoms with van der Waals surface area (Å²) < 4.78 is 26.1. The van der Waals surface area contributed by atoms with Crippen molar-refractivity contribution in [2.75, 3.05) is 17.3 Å². The number of amides is 2. The molecule has 0 unspecified atom stereocenters. The fraction of sp³-hybridized carbons (Fsp3) is 0.160. The van der Waals surface area contributed by atoms with Crippen molar-refractivity contribution in [3.05, 3.63) is 93.0 Å². The summed E-state index contributed by atoms with van der Waals surface area (Å²) in [6.45, 7) is 0. The van der Waals surface area contributed by atoms with Crippen molar-refractivity contribution in [3.63, 3.8) is 0 Å². The van der Waals surface area contributed by atoms with E-state index in [2.05, 4.69) is 5.32 Å². The maximum absolute atomic E-state index is 14.2. The summed E-state index contributed by atoms with van der Waals surface area (Å²) in [5.41, 5.74) is 0.494. The number of hydrogen-bond acceptors (Lipinski definition) is 3. The lowest BCUT2D eigenvalue weighted by atomic mass is 10.1. The van der Waals surface area contributed by atoms with Crippen LogP contribution >= 0.6 is 46.4 Å². The first-order valence-electron chi connectivity index (χ1n) is 10.4. The molecule has 0 radical (unpaired) electrons. The van der Waals surface area contributed by atoms with Gasteiger partial charge in [-0.25, -0.2) is 8.78 Å². The fourth-order valence-corrected chi connectivity index (χ4v) is 5.35. The average Bonchev–Trinajstić information content (AvgIpc) is 3.39. The number of nitrogens with zero attached hydrogens (tertiary/aromatic N) is 2. The molecule has 0 spiro atoms. The van der Waals surface area contributed by atoms with E-state index in [1.807, 2.05) is 6.07 Å². The number of carbonyl (C=O) groups is 2. The molecule has 0 heterocycles. The van der Waals surface area contributed by atoms with Crippen LogP contribution in [0.5, 0.6) is 0 Å². The SMILES string of the molecule is CN(C(=O)c1cc(NC(=O)[C@H]2[C@H](c3cc(Cl)cc(Cl)c3)C2(Cl)Cl)ccc1C#N)c1ccc(F)cc1F. The van der Waals surface area contributed by atoms with Crippen LogP contribution in [0.15, 0.2) is 54.6 Å². The Morgan fingerprint density at radius 2 is 1.69 bits per heavy atom. The van der Waals surface area contributed by atoms with E-state index in [4.69, 9.17) is 46.4 Å². The predicted octanol–water partition coefficient (Wildman–Crippen LogP) is 6.95. The Labute approximate surface area is 225 Å². The molecule has 0 bridgehead atoms. The monoisotopic (exact) mass is 567 g/mol. The minimum atomic E-state index is -1.41. The van der Waals surface area contributed by atoms with Crippen LogP contribution in [0.2, 0.25) is 10.0 Å². The van der Waals surface area contributed by atoms with Crippen molar-refractivity contribution in [1.29, 1.82) is 5.26 Å². The number of nitrogens with one attached hydrogen (secondary N) is 1. The van der Waals surface area contributed by atoms with Gasteiger partial charge in [0.05, 0.1) is 28.8 Å². The van der Waals surface area contributed by atoms with Gasteiger partial charge in [-0.2, -0.15) is 5.26 Å². The van der Waals surface area contributed by atoms with Crippen LogP contribution in [0.1, 0.15) is 27.4 Å². The first kappa shape index (κ1) is 26.2. The molecule has 11 heteroatoms. The highest BCUT2D eigenvalue weighted by atomic mass is 35.5. The van der Waals surface area contributed by atoms with E-state index in [1.54, 1.807) is 18.2 Å². The van der Waals surface area contributed by atoms with Crippen molar-refractivity contribution >= 4 is 69.6 Å². The third kappa shape index (κ3) is 5.00. The maximum atomic E-state index is 14.2. The highest BCUT2D eigenvalue weighted by Gasteiger charge is 2.67. The second-order valence-corrected chi connectivity index (χ2v) is 10.5. The highest BCUT2D eigenvalue weighted by Crippen LogP contribution is 2.65. The number of anilines is 2. The molecule has 0 aromatic heterocycles. The summed E-state index contributed by atoms with van der Waals surface area (Å²) in [7, 11) is 1.28. The van der Waals surface area contributed by atoms with E-state index in [1.165, 1.54) is 25.2 Å². The third-order valence-electron chi connectivity index (χ3n) is 5.79. The molecule has 1 N–H and O–H groups in total. The summed E-state index contributed by atoms with van der Waals surface area (Å²) >= 11 is 24.9. The van der Waals surface area contributed by atoms with Crippen LogP contribution in [0, 0.1) is 28.9 Å². The Kier molecular flexibility index (Phi) is 7.18. The molecule has 184 valence electrons. The normalized spacial score (nSPS) is 17.7. The summed E-state index contributed by atoms with van der Waals surface area (Å²) in [5.74, 6) is -4.44. The molecular formula is C25H15Cl4F2N3O2. The molecule has 3 aromatic rings. The lowest BCUT2D eigenvalue weighted by molar-refractivity contribution is -0.117. The molecule has 4 rings (SSSR count). The Morgan fingerprint density at radius 3 is 2.31 bits per heavy atom. The minimum Gasteiger partial charge on any atom is -0.326 e. The Bertz CT molecular complexity index is 1420. The molecule has 0 aliphatic heterocycles.